The number of aromatic nitrogens is 2. The number of rotatable bonds is 3. The van der Waals surface area contributed by atoms with Crippen molar-refractivity contribution in [1.82, 2.24) is 10.2 Å². The topological polar surface area (TPSA) is 54.7 Å². The summed E-state index contributed by atoms with van der Waals surface area (Å²) < 4.78 is 13.4. The number of benzene rings is 1. The van der Waals surface area contributed by atoms with E-state index in [9.17, 15) is 4.39 Å². The SMILES string of the molecule is CCc1ccsc1-c1[nH]nc(N)c1-c1cccc(F)c1. The predicted molar refractivity (Wildman–Crippen MR) is 81.1 cm³/mol. The molecule has 0 radical (unpaired) electrons. The zero-order valence-electron chi connectivity index (χ0n) is 11.0. The fourth-order valence-corrected chi connectivity index (χ4v) is 3.29. The molecule has 5 heteroatoms. The fraction of sp³-hybridized carbons (Fsp3) is 0.133. The molecule has 3 rings (SSSR count). The molecule has 102 valence electrons. The third-order valence-electron chi connectivity index (χ3n) is 3.26. The second-order valence-corrected chi connectivity index (χ2v) is 5.41. The van der Waals surface area contributed by atoms with Crippen LogP contribution in [0, 0.1) is 5.82 Å². The van der Waals surface area contributed by atoms with Gasteiger partial charge in [0.15, 0.2) is 5.82 Å². The smallest absolute Gasteiger partial charge is 0.153 e. The molecule has 0 bridgehead atoms. The highest BCUT2D eigenvalue weighted by Crippen LogP contribution is 2.39. The molecule has 20 heavy (non-hydrogen) atoms. The van der Waals surface area contributed by atoms with E-state index in [1.807, 2.05) is 11.4 Å². The van der Waals surface area contributed by atoms with Crippen molar-refractivity contribution in [3.8, 4) is 21.7 Å². The molecule has 0 saturated carbocycles. The van der Waals surface area contributed by atoms with Crippen LogP contribution in [0.15, 0.2) is 35.7 Å². The summed E-state index contributed by atoms with van der Waals surface area (Å²) in [7, 11) is 0. The molecule has 0 fully saturated rings. The van der Waals surface area contributed by atoms with Gasteiger partial charge in [-0.05, 0) is 41.1 Å². The maximum Gasteiger partial charge on any atom is 0.153 e. The van der Waals surface area contributed by atoms with Crippen LogP contribution in [0.1, 0.15) is 12.5 Å². The van der Waals surface area contributed by atoms with Crippen LogP contribution in [0.2, 0.25) is 0 Å². The minimum absolute atomic E-state index is 0.282. The number of nitrogens with zero attached hydrogens (tertiary/aromatic N) is 1. The molecule has 0 amide bonds. The van der Waals surface area contributed by atoms with E-state index in [1.165, 1.54) is 17.7 Å². The molecule has 0 aliphatic carbocycles. The van der Waals surface area contributed by atoms with Gasteiger partial charge in [0.05, 0.1) is 16.1 Å². The van der Waals surface area contributed by atoms with E-state index in [1.54, 1.807) is 17.4 Å². The Morgan fingerprint density at radius 3 is 2.95 bits per heavy atom. The fourth-order valence-electron chi connectivity index (χ4n) is 2.29. The van der Waals surface area contributed by atoms with Crippen LogP contribution >= 0.6 is 11.3 Å². The Morgan fingerprint density at radius 1 is 1.35 bits per heavy atom. The summed E-state index contributed by atoms with van der Waals surface area (Å²) in [5.41, 5.74) is 9.56. The van der Waals surface area contributed by atoms with Crippen LogP contribution in [0.25, 0.3) is 21.7 Å². The van der Waals surface area contributed by atoms with Crippen LogP contribution < -0.4 is 5.73 Å². The summed E-state index contributed by atoms with van der Waals surface area (Å²) in [6.07, 6.45) is 0.931. The van der Waals surface area contributed by atoms with Gasteiger partial charge < -0.3 is 5.73 Å². The maximum atomic E-state index is 13.4. The van der Waals surface area contributed by atoms with E-state index in [-0.39, 0.29) is 5.82 Å². The Hall–Kier alpha value is -2.14. The molecule has 3 N–H and O–H groups in total. The van der Waals surface area contributed by atoms with E-state index in [0.29, 0.717) is 5.82 Å². The van der Waals surface area contributed by atoms with Gasteiger partial charge in [-0.3, -0.25) is 5.10 Å². The highest BCUT2D eigenvalue weighted by Gasteiger charge is 2.18. The van der Waals surface area contributed by atoms with Gasteiger partial charge in [0.1, 0.15) is 5.82 Å². The molecule has 0 unspecified atom stereocenters. The molecule has 3 aromatic rings. The quantitative estimate of drug-likeness (QED) is 0.762. The van der Waals surface area contributed by atoms with Crippen LogP contribution in [0.3, 0.4) is 0 Å². The van der Waals surface area contributed by atoms with Gasteiger partial charge in [-0.2, -0.15) is 5.10 Å². The van der Waals surface area contributed by atoms with Crippen LogP contribution in [0.4, 0.5) is 10.2 Å². The predicted octanol–water partition coefficient (Wildman–Crippen LogP) is 4.09. The third-order valence-corrected chi connectivity index (χ3v) is 4.24. The van der Waals surface area contributed by atoms with Crippen LogP contribution in [-0.2, 0) is 6.42 Å². The standard InChI is InChI=1S/C15H14FN3S/c1-2-9-6-7-20-14(9)13-12(15(17)19-18-13)10-4-3-5-11(16)8-10/h3-8H,2H2,1H3,(H3,17,18,19). The number of hydrogen-bond acceptors (Lipinski definition) is 3. The van der Waals surface area contributed by atoms with Gasteiger partial charge in [-0.15, -0.1) is 11.3 Å². The second kappa shape index (κ2) is 5.09. The van der Waals surface area contributed by atoms with Crippen molar-refractivity contribution in [2.24, 2.45) is 0 Å². The highest BCUT2D eigenvalue weighted by molar-refractivity contribution is 7.13. The number of nitrogens with one attached hydrogen (secondary N) is 1. The molecule has 0 atom stereocenters. The van der Waals surface area contributed by atoms with E-state index >= 15 is 0 Å². The van der Waals surface area contributed by atoms with Gasteiger partial charge in [-0.1, -0.05) is 19.1 Å². The number of hydrogen-bond donors (Lipinski definition) is 2. The van der Waals surface area contributed by atoms with Gasteiger partial charge in [-0.25, -0.2) is 4.39 Å². The molecular formula is C15H14FN3S. The van der Waals surface area contributed by atoms with Crippen LogP contribution in [0.5, 0.6) is 0 Å². The third kappa shape index (κ3) is 2.10. The van der Waals surface area contributed by atoms with Crippen molar-refractivity contribution in [3.63, 3.8) is 0 Å². The lowest BCUT2D eigenvalue weighted by Crippen LogP contribution is -1.89. The Morgan fingerprint density at radius 2 is 2.20 bits per heavy atom. The Kier molecular flexibility index (Phi) is 3.28. The molecular weight excluding hydrogens is 273 g/mol. The molecule has 2 aromatic heterocycles. The van der Waals surface area contributed by atoms with Gasteiger partial charge in [0.25, 0.3) is 0 Å². The van der Waals surface area contributed by atoms with Crippen molar-refractivity contribution < 1.29 is 4.39 Å². The summed E-state index contributed by atoms with van der Waals surface area (Å²) in [5, 5.41) is 9.12. The van der Waals surface area contributed by atoms with E-state index in [0.717, 1.165) is 28.1 Å². The van der Waals surface area contributed by atoms with Crippen molar-refractivity contribution >= 4 is 17.2 Å². The molecule has 1 aromatic carbocycles. The first kappa shape index (κ1) is 12.9. The number of halogens is 1. The molecule has 2 heterocycles. The average molecular weight is 287 g/mol. The second-order valence-electron chi connectivity index (χ2n) is 4.50. The number of aryl methyl sites for hydroxylation is 1. The monoisotopic (exact) mass is 287 g/mol. The number of nitrogens with two attached hydrogens (primary N) is 1. The molecule has 0 aliphatic rings. The zero-order valence-corrected chi connectivity index (χ0v) is 11.8. The Balaban J connectivity index is 2.20. The number of aromatic amines is 1. The summed E-state index contributed by atoms with van der Waals surface area (Å²) >= 11 is 1.63. The molecule has 0 spiro atoms. The van der Waals surface area contributed by atoms with E-state index in [4.69, 9.17) is 5.73 Å². The van der Waals surface area contributed by atoms with Crippen molar-refractivity contribution in [2.45, 2.75) is 13.3 Å². The van der Waals surface area contributed by atoms with Crippen molar-refractivity contribution in [2.75, 3.05) is 5.73 Å². The maximum absolute atomic E-state index is 13.4. The number of nitrogen functional groups attached to an aromatic ring is 1. The highest BCUT2D eigenvalue weighted by atomic mass is 32.1. The first-order valence-corrected chi connectivity index (χ1v) is 7.25. The minimum atomic E-state index is -0.282. The van der Waals surface area contributed by atoms with Gasteiger partial charge >= 0.3 is 0 Å². The van der Waals surface area contributed by atoms with E-state index in [2.05, 4.69) is 23.2 Å². The van der Waals surface area contributed by atoms with Gasteiger partial charge in [0, 0.05) is 0 Å². The summed E-state index contributed by atoms with van der Waals surface area (Å²) in [5.74, 6) is 0.108. The summed E-state index contributed by atoms with van der Waals surface area (Å²) in [6.45, 7) is 2.10. The zero-order chi connectivity index (χ0) is 14.1. The van der Waals surface area contributed by atoms with Crippen molar-refractivity contribution in [1.29, 1.82) is 0 Å². The summed E-state index contributed by atoms with van der Waals surface area (Å²) in [4.78, 5) is 1.11. The lowest BCUT2D eigenvalue weighted by molar-refractivity contribution is 0.628. The van der Waals surface area contributed by atoms with Crippen molar-refractivity contribution in [3.05, 3.63) is 47.1 Å². The first-order valence-electron chi connectivity index (χ1n) is 6.37. The summed E-state index contributed by atoms with van der Waals surface area (Å²) in [6, 6.07) is 8.50. The molecule has 0 saturated heterocycles. The normalized spacial score (nSPS) is 10.9. The Bertz CT molecular complexity index is 745. The first-order chi connectivity index (χ1) is 9.70. The lowest BCUT2D eigenvalue weighted by Gasteiger charge is -2.05. The molecule has 0 aliphatic heterocycles. The Labute approximate surface area is 120 Å². The lowest BCUT2D eigenvalue weighted by atomic mass is 10.0. The number of H-pyrrole nitrogens is 1. The largest absolute Gasteiger partial charge is 0.382 e. The molecule has 3 nitrogen and oxygen atoms in total. The van der Waals surface area contributed by atoms with E-state index < -0.39 is 0 Å². The minimum Gasteiger partial charge on any atom is -0.382 e. The number of thiophene rings is 1. The average Bonchev–Trinajstić information content (AvgIpc) is 3.04. The number of anilines is 1. The van der Waals surface area contributed by atoms with Gasteiger partial charge in [0.2, 0.25) is 0 Å². The van der Waals surface area contributed by atoms with Crippen LogP contribution in [-0.4, -0.2) is 10.2 Å².